The minimum Gasteiger partial charge on any atom is -0.479 e. The van der Waals surface area contributed by atoms with Crippen molar-refractivity contribution in [2.75, 3.05) is 5.32 Å². The van der Waals surface area contributed by atoms with Gasteiger partial charge in [0.05, 0.1) is 0 Å². The van der Waals surface area contributed by atoms with Crippen LogP contribution in [0.1, 0.15) is 6.92 Å². The summed E-state index contributed by atoms with van der Waals surface area (Å²) in [5, 5.41) is 13.9. The normalized spacial score (nSPS) is 14.2. The lowest BCUT2D eigenvalue weighted by molar-refractivity contribution is -0.141. The SMILES string of the molecule is C[C@](N)(Nc1ccc2ccccc2c1)C(=O)O. The van der Waals surface area contributed by atoms with Crippen molar-refractivity contribution in [3.8, 4) is 0 Å². The maximum Gasteiger partial charge on any atom is 0.344 e. The second-order valence-electron chi connectivity index (χ2n) is 4.19. The summed E-state index contributed by atoms with van der Waals surface area (Å²) in [5.41, 5.74) is 4.85. The number of hydrogen-bond donors (Lipinski definition) is 3. The summed E-state index contributed by atoms with van der Waals surface area (Å²) < 4.78 is 0. The molecule has 0 aliphatic rings. The van der Waals surface area contributed by atoms with Crippen molar-refractivity contribution in [1.29, 1.82) is 0 Å². The molecule has 4 N–H and O–H groups in total. The zero-order valence-corrected chi connectivity index (χ0v) is 9.47. The zero-order chi connectivity index (χ0) is 12.5. The van der Waals surface area contributed by atoms with Crippen LogP contribution in [0.15, 0.2) is 42.5 Å². The van der Waals surface area contributed by atoms with Gasteiger partial charge in [0.1, 0.15) is 0 Å². The third-order valence-corrected chi connectivity index (χ3v) is 2.60. The highest BCUT2D eigenvalue weighted by atomic mass is 16.4. The number of anilines is 1. The highest BCUT2D eigenvalue weighted by Gasteiger charge is 2.27. The van der Waals surface area contributed by atoms with Crippen molar-refractivity contribution in [1.82, 2.24) is 0 Å². The van der Waals surface area contributed by atoms with Crippen LogP contribution in [-0.4, -0.2) is 16.7 Å². The fourth-order valence-corrected chi connectivity index (χ4v) is 1.62. The number of carboxylic acids is 1. The predicted molar refractivity (Wildman–Crippen MR) is 67.8 cm³/mol. The lowest BCUT2D eigenvalue weighted by Crippen LogP contribution is -2.51. The standard InChI is InChI=1S/C13H14N2O2/c1-13(14,12(16)17)15-11-7-6-9-4-2-3-5-10(9)8-11/h2-8,15H,14H2,1H3,(H,16,17)/t13-/m0/s1. The van der Waals surface area contributed by atoms with Crippen molar-refractivity contribution in [3.63, 3.8) is 0 Å². The molecule has 2 rings (SSSR count). The lowest BCUT2D eigenvalue weighted by Gasteiger charge is -2.22. The molecule has 0 aromatic heterocycles. The van der Waals surface area contributed by atoms with Gasteiger partial charge >= 0.3 is 5.97 Å². The van der Waals surface area contributed by atoms with E-state index in [1.54, 1.807) is 0 Å². The van der Waals surface area contributed by atoms with E-state index < -0.39 is 11.6 Å². The molecular formula is C13H14N2O2. The molecule has 1 atom stereocenters. The number of benzene rings is 2. The van der Waals surface area contributed by atoms with Crippen LogP contribution in [0.2, 0.25) is 0 Å². The Balaban J connectivity index is 2.34. The van der Waals surface area contributed by atoms with Crippen LogP contribution in [0, 0.1) is 0 Å². The Morgan fingerprint density at radius 3 is 2.53 bits per heavy atom. The first-order valence-electron chi connectivity index (χ1n) is 5.28. The fraction of sp³-hybridized carbons (Fsp3) is 0.154. The average Bonchev–Trinajstić information content (AvgIpc) is 2.28. The molecule has 4 nitrogen and oxygen atoms in total. The van der Waals surface area contributed by atoms with Crippen molar-refractivity contribution >= 4 is 22.4 Å². The van der Waals surface area contributed by atoms with Crippen LogP contribution in [0.4, 0.5) is 5.69 Å². The smallest absolute Gasteiger partial charge is 0.344 e. The minimum atomic E-state index is -1.47. The molecule has 0 radical (unpaired) electrons. The molecule has 0 unspecified atom stereocenters. The average molecular weight is 230 g/mol. The van der Waals surface area contributed by atoms with E-state index in [1.807, 2.05) is 42.5 Å². The first-order chi connectivity index (χ1) is 7.99. The van der Waals surface area contributed by atoms with Gasteiger partial charge in [0, 0.05) is 5.69 Å². The number of carbonyl (C=O) groups is 1. The molecule has 0 saturated carbocycles. The monoisotopic (exact) mass is 230 g/mol. The Morgan fingerprint density at radius 2 is 1.88 bits per heavy atom. The van der Waals surface area contributed by atoms with Gasteiger partial charge in [0.2, 0.25) is 0 Å². The van der Waals surface area contributed by atoms with Crippen LogP contribution in [0.5, 0.6) is 0 Å². The molecule has 2 aromatic carbocycles. The topological polar surface area (TPSA) is 75.3 Å². The Kier molecular flexibility index (Phi) is 2.73. The third-order valence-electron chi connectivity index (χ3n) is 2.60. The number of hydrogen-bond acceptors (Lipinski definition) is 3. The van der Waals surface area contributed by atoms with Crippen molar-refractivity contribution in [2.45, 2.75) is 12.6 Å². The van der Waals surface area contributed by atoms with E-state index in [2.05, 4.69) is 5.32 Å². The van der Waals surface area contributed by atoms with Gasteiger partial charge in [-0.05, 0) is 29.8 Å². The second kappa shape index (κ2) is 4.07. The molecule has 17 heavy (non-hydrogen) atoms. The van der Waals surface area contributed by atoms with E-state index in [0.29, 0.717) is 5.69 Å². The zero-order valence-electron chi connectivity index (χ0n) is 9.47. The van der Waals surface area contributed by atoms with Crippen LogP contribution in [0.3, 0.4) is 0 Å². The first-order valence-corrected chi connectivity index (χ1v) is 5.28. The summed E-state index contributed by atoms with van der Waals surface area (Å²) in [5.74, 6) is -1.09. The maximum absolute atomic E-state index is 10.9. The third kappa shape index (κ3) is 2.37. The lowest BCUT2D eigenvalue weighted by atomic mass is 10.1. The molecule has 4 heteroatoms. The number of nitrogens with two attached hydrogens (primary N) is 1. The van der Waals surface area contributed by atoms with Crippen LogP contribution >= 0.6 is 0 Å². The molecule has 88 valence electrons. The molecule has 0 fully saturated rings. The van der Waals surface area contributed by atoms with Gasteiger partial charge in [-0.1, -0.05) is 30.3 Å². The van der Waals surface area contributed by atoms with E-state index >= 15 is 0 Å². The molecule has 0 aliphatic heterocycles. The number of aliphatic carboxylic acids is 1. The Hall–Kier alpha value is -2.07. The van der Waals surface area contributed by atoms with Crippen LogP contribution in [0.25, 0.3) is 10.8 Å². The first kappa shape index (κ1) is 11.4. The van der Waals surface area contributed by atoms with Gasteiger partial charge < -0.3 is 10.4 Å². The molecule has 0 bridgehead atoms. The van der Waals surface area contributed by atoms with E-state index in [4.69, 9.17) is 10.8 Å². The molecule has 0 aliphatic carbocycles. The molecule has 0 spiro atoms. The van der Waals surface area contributed by atoms with Gasteiger partial charge in [0.15, 0.2) is 5.66 Å². The minimum absolute atomic E-state index is 0.691. The van der Waals surface area contributed by atoms with Gasteiger partial charge in [-0.25, -0.2) is 4.79 Å². The summed E-state index contributed by atoms with van der Waals surface area (Å²) in [6.45, 7) is 1.42. The van der Waals surface area contributed by atoms with Gasteiger partial charge in [-0.2, -0.15) is 0 Å². The summed E-state index contributed by atoms with van der Waals surface area (Å²) in [4.78, 5) is 10.9. The van der Waals surface area contributed by atoms with E-state index in [0.717, 1.165) is 10.8 Å². The van der Waals surface area contributed by atoms with Crippen LogP contribution < -0.4 is 11.1 Å². The van der Waals surface area contributed by atoms with Crippen molar-refractivity contribution in [2.24, 2.45) is 5.73 Å². The Labute approximate surface area is 99.1 Å². The van der Waals surface area contributed by atoms with E-state index in [1.165, 1.54) is 6.92 Å². The number of nitrogens with one attached hydrogen (secondary N) is 1. The predicted octanol–water partition coefficient (Wildman–Crippen LogP) is 2.01. The quantitative estimate of drug-likeness (QED) is 0.705. The summed E-state index contributed by atoms with van der Waals surface area (Å²) in [7, 11) is 0. The molecule has 0 heterocycles. The summed E-state index contributed by atoms with van der Waals surface area (Å²) in [6, 6.07) is 13.5. The van der Waals surface area contributed by atoms with E-state index in [-0.39, 0.29) is 0 Å². The summed E-state index contributed by atoms with van der Waals surface area (Å²) in [6.07, 6.45) is 0. The largest absolute Gasteiger partial charge is 0.479 e. The highest BCUT2D eigenvalue weighted by Crippen LogP contribution is 2.20. The van der Waals surface area contributed by atoms with Crippen molar-refractivity contribution in [3.05, 3.63) is 42.5 Å². The number of fused-ring (bicyclic) bond motifs is 1. The Bertz CT molecular complexity index is 564. The van der Waals surface area contributed by atoms with E-state index in [9.17, 15) is 4.79 Å². The molecule has 2 aromatic rings. The summed E-state index contributed by atoms with van der Waals surface area (Å²) >= 11 is 0. The fourth-order valence-electron chi connectivity index (χ4n) is 1.62. The number of rotatable bonds is 3. The molecule has 0 amide bonds. The maximum atomic E-state index is 10.9. The van der Waals surface area contributed by atoms with Gasteiger partial charge in [-0.15, -0.1) is 0 Å². The Morgan fingerprint density at radius 1 is 1.24 bits per heavy atom. The number of carboxylic acid groups (broad SMARTS) is 1. The van der Waals surface area contributed by atoms with Gasteiger partial charge in [-0.3, -0.25) is 5.73 Å². The van der Waals surface area contributed by atoms with Crippen molar-refractivity contribution < 1.29 is 9.90 Å². The molecule has 0 saturated heterocycles. The molecular weight excluding hydrogens is 216 g/mol. The van der Waals surface area contributed by atoms with Gasteiger partial charge in [0.25, 0.3) is 0 Å². The van der Waals surface area contributed by atoms with Crippen LogP contribution in [-0.2, 0) is 4.79 Å². The second-order valence-corrected chi connectivity index (χ2v) is 4.19. The highest BCUT2D eigenvalue weighted by molar-refractivity contribution is 5.87.